The van der Waals surface area contributed by atoms with Gasteiger partial charge in [0.2, 0.25) is 0 Å². The molecule has 0 bridgehead atoms. The van der Waals surface area contributed by atoms with Gasteiger partial charge in [0.15, 0.2) is 0 Å². The molecule has 0 saturated carbocycles. The zero-order valence-electron chi connectivity index (χ0n) is 6.68. The molecule has 0 aromatic heterocycles. The van der Waals surface area contributed by atoms with Crippen LogP contribution in [0.4, 0.5) is 0 Å². The van der Waals surface area contributed by atoms with Crippen molar-refractivity contribution >= 4 is 12.4 Å². The van der Waals surface area contributed by atoms with Crippen LogP contribution in [0.5, 0.6) is 0 Å². The van der Waals surface area contributed by atoms with Crippen molar-refractivity contribution < 1.29 is 0 Å². The monoisotopic (exact) mass is 177 g/mol. The maximum Gasteiger partial charge on any atom is 0.0346 e. The second-order valence-electron chi connectivity index (χ2n) is 3.10. The molecule has 2 fully saturated rings. The van der Waals surface area contributed by atoms with E-state index in [9.17, 15) is 0 Å². The molecule has 2 aliphatic heterocycles. The number of hydrogen-bond donors (Lipinski definition) is 2. The van der Waals surface area contributed by atoms with Crippen molar-refractivity contribution in [1.82, 2.24) is 15.5 Å². The molecular formula is C7H16ClN3. The Morgan fingerprint density at radius 1 is 1.00 bits per heavy atom. The maximum atomic E-state index is 3.36. The number of piperazine rings is 1. The van der Waals surface area contributed by atoms with Gasteiger partial charge in [-0.15, -0.1) is 12.4 Å². The standard InChI is InChI=1S/C7H15N3.ClH/c1-3-10(4-2-8-1)7-5-9-6-7;/h7-9H,1-6H2;1H. The van der Waals surface area contributed by atoms with Crippen molar-refractivity contribution in [3.8, 4) is 0 Å². The Bertz CT molecular complexity index is 110. The lowest BCUT2D eigenvalue weighted by atomic mass is 10.1. The van der Waals surface area contributed by atoms with E-state index in [0.717, 1.165) is 6.04 Å². The van der Waals surface area contributed by atoms with E-state index < -0.39 is 0 Å². The molecule has 0 atom stereocenters. The fraction of sp³-hybridized carbons (Fsp3) is 1.00. The zero-order chi connectivity index (χ0) is 6.81. The Morgan fingerprint density at radius 3 is 2.09 bits per heavy atom. The van der Waals surface area contributed by atoms with Crippen LogP contribution in [0, 0.1) is 0 Å². The Morgan fingerprint density at radius 2 is 1.64 bits per heavy atom. The molecule has 0 unspecified atom stereocenters. The molecular weight excluding hydrogens is 162 g/mol. The smallest absolute Gasteiger partial charge is 0.0346 e. The number of nitrogens with one attached hydrogen (secondary N) is 2. The second kappa shape index (κ2) is 4.26. The first-order chi connectivity index (χ1) is 4.97. The van der Waals surface area contributed by atoms with Gasteiger partial charge >= 0.3 is 0 Å². The van der Waals surface area contributed by atoms with Gasteiger partial charge < -0.3 is 10.6 Å². The van der Waals surface area contributed by atoms with Crippen LogP contribution in [0.15, 0.2) is 0 Å². The molecule has 0 aliphatic carbocycles. The number of halogens is 1. The summed E-state index contributed by atoms with van der Waals surface area (Å²) in [6.45, 7) is 7.26. The summed E-state index contributed by atoms with van der Waals surface area (Å²) in [5.74, 6) is 0. The minimum atomic E-state index is 0. The van der Waals surface area contributed by atoms with Gasteiger partial charge in [0.25, 0.3) is 0 Å². The van der Waals surface area contributed by atoms with Crippen molar-refractivity contribution in [3.05, 3.63) is 0 Å². The fourth-order valence-corrected chi connectivity index (χ4v) is 1.58. The van der Waals surface area contributed by atoms with Crippen molar-refractivity contribution in [1.29, 1.82) is 0 Å². The minimum Gasteiger partial charge on any atom is -0.314 e. The Balaban J connectivity index is 0.000000605. The van der Waals surface area contributed by atoms with E-state index in [4.69, 9.17) is 0 Å². The predicted molar refractivity (Wildman–Crippen MR) is 48.3 cm³/mol. The molecule has 0 radical (unpaired) electrons. The molecule has 0 spiro atoms. The molecule has 2 N–H and O–H groups in total. The summed E-state index contributed by atoms with van der Waals surface area (Å²) in [6, 6.07) is 0.849. The highest BCUT2D eigenvalue weighted by atomic mass is 35.5. The Labute approximate surface area is 73.9 Å². The van der Waals surface area contributed by atoms with Gasteiger partial charge in [0, 0.05) is 45.3 Å². The average molecular weight is 178 g/mol. The molecule has 0 amide bonds. The van der Waals surface area contributed by atoms with E-state index in [-0.39, 0.29) is 12.4 Å². The SMILES string of the molecule is C1CN(C2CNC2)CCN1.Cl. The van der Waals surface area contributed by atoms with E-state index in [0.29, 0.717) is 0 Å². The van der Waals surface area contributed by atoms with Gasteiger partial charge in [0.05, 0.1) is 0 Å². The van der Waals surface area contributed by atoms with Crippen LogP contribution in [0.2, 0.25) is 0 Å². The normalized spacial score (nSPS) is 27.3. The predicted octanol–water partition coefficient (Wildman–Crippen LogP) is -0.715. The second-order valence-corrected chi connectivity index (χ2v) is 3.10. The first-order valence-electron chi connectivity index (χ1n) is 4.12. The highest BCUT2D eigenvalue weighted by Gasteiger charge is 2.24. The Hall–Kier alpha value is 0.170. The van der Waals surface area contributed by atoms with Crippen LogP contribution in [0.1, 0.15) is 0 Å². The first kappa shape index (κ1) is 9.26. The molecule has 0 aromatic carbocycles. The molecule has 4 heteroatoms. The van der Waals surface area contributed by atoms with Gasteiger partial charge in [0.1, 0.15) is 0 Å². The maximum absolute atomic E-state index is 3.36. The molecule has 66 valence electrons. The lowest BCUT2D eigenvalue weighted by molar-refractivity contribution is 0.129. The van der Waals surface area contributed by atoms with Crippen molar-refractivity contribution in [2.24, 2.45) is 0 Å². The Kier molecular flexibility index (Phi) is 3.59. The fourth-order valence-electron chi connectivity index (χ4n) is 1.58. The molecule has 2 saturated heterocycles. The lowest BCUT2D eigenvalue weighted by Crippen LogP contribution is -2.61. The summed E-state index contributed by atoms with van der Waals surface area (Å²) in [5, 5.41) is 6.65. The van der Waals surface area contributed by atoms with Crippen LogP contribution in [-0.4, -0.2) is 50.2 Å². The first-order valence-corrected chi connectivity index (χ1v) is 4.12. The van der Waals surface area contributed by atoms with E-state index >= 15 is 0 Å². The summed E-state index contributed by atoms with van der Waals surface area (Å²) in [7, 11) is 0. The van der Waals surface area contributed by atoms with Crippen LogP contribution in [0.25, 0.3) is 0 Å². The van der Waals surface area contributed by atoms with Gasteiger partial charge in [-0.05, 0) is 0 Å². The third-order valence-electron chi connectivity index (χ3n) is 2.43. The molecule has 2 heterocycles. The summed E-state index contributed by atoms with van der Waals surface area (Å²) in [6.07, 6.45) is 0. The molecule has 0 aromatic rings. The van der Waals surface area contributed by atoms with Gasteiger partial charge in [-0.3, -0.25) is 4.90 Å². The third kappa shape index (κ3) is 2.06. The summed E-state index contributed by atoms with van der Waals surface area (Å²) >= 11 is 0. The number of nitrogens with zero attached hydrogens (tertiary/aromatic N) is 1. The van der Waals surface area contributed by atoms with E-state index in [1.807, 2.05) is 0 Å². The quantitative estimate of drug-likeness (QED) is 0.554. The summed E-state index contributed by atoms with van der Waals surface area (Å²) in [4.78, 5) is 2.58. The van der Waals surface area contributed by atoms with Gasteiger partial charge in [-0.2, -0.15) is 0 Å². The molecule has 2 rings (SSSR count). The average Bonchev–Trinajstić information content (AvgIpc) is 1.86. The number of hydrogen-bond acceptors (Lipinski definition) is 3. The van der Waals surface area contributed by atoms with Crippen LogP contribution in [0.3, 0.4) is 0 Å². The topological polar surface area (TPSA) is 27.3 Å². The largest absolute Gasteiger partial charge is 0.314 e. The van der Waals surface area contributed by atoms with E-state index in [1.54, 1.807) is 0 Å². The lowest BCUT2D eigenvalue weighted by Gasteiger charge is -2.40. The summed E-state index contributed by atoms with van der Waals surface area (Å²) in [5.41, 5.74) is 0. The minimum absolute atomic E-state index is 0. The molecule has 2 aliphatic rings. The summed E-state index contributed by atoms with van der Waals surface area (Å²) < 4.78 is 0. The van der Waals surface area contributed by atoms with Crippen molar-refractivity contribution in [2.75, 3.05) is 39.3 Å². The van der Waals surface area contributed by atoms with Crippen LogP contribution >= 0.6 is 12.4 Å². The highest BCUT2D eigenvalue weighted by molar-refractivity contribution is 5.85. The third-order valence-corrected chi connectivity index (χ3v) is 2.43. The zero-order valence-corrected chi connectivity index (χ0v) is 7.49. The number of rotatable bonds is 1. The van der Waals surface area contributed by atoms with Gasteiger partial charge in [-0.1, -0.05) is 0 Å². The molecule has 11 heavy (non-hydrogen) atoms. The van der Waals surface area contributed by atoms with Crippen LogP contribution < -0.4 is 10.6 Å². The highest BCUT2D eigenvalue weighted by Crippen LogP contribution is 2.04. The van der Waals surface area contributed by atoms with Crippen molar-refractivity contribution in [3.63, 3.8) is 0 Å². The molecule has 3 nitrogen and oxygen atoms in total. The van der Waals surface area contributed by atoms with Crippen LogP contribution in [-0.2, 0) is 0 Å². The van der Waals surface area contributed by atoms with E-state index in [2.05, 4.69) is 15.5 Å². The van der Waals surface area contributed by atoms with E-state index in [1.165, 1.54) is 39.3 Å². The van der Waals surface area contributed by atoms with Crippen molar-refractivity contribution in [2.45, 2.75) is 6.04 Å². The van der Waals surface area contributed by atoms with Gasteiger partial charge in [-0.25, -0.2) is 0 Å².